The number of carbonyl (C=O) groups excluding carboxylic acids is 1. The fraction of sp³-hybridized carbons (Fsp3) is 0.923. The Bertz CT molecular complexity index is 226. The Hall–Kier alpha value is -0.570. The monoisotopic (exact) mass is 226 g/mol. The van der Waals surface area contributed by atoms with Crippen molar-refractivity contribution in [2.45, 2.75) is 59.0 Å². The molecule has 94 valence electrons. The Morgan fingerprint density at radius 3 is 2.50 bits per heavy atom. The van der Waals surface area contributed by atoms with Gasteiger partial charge in [0.1, 0.15) is 0 Å². The molecule has 1 N–H and O–H groups in total. The largest absolute Gasteiger partial charge is 0.352 e. The van der Waals surface area contributed by atoms with Gasteiger partial charge in [-0.05, 0) is 33.2 Å². The van der Waals surface area contributed by atoms with Gasteiger partial charge in [-0.3, -0.25) is 9.69 Å². The third-order valence-corrected chi connectivity index (χ3v) is 3.30. The molecule has 1 aliphatic heterocycles. The quantitative estimate of drug-likeness (QED) is 0.798. The van der Waals surface area contributed by atoms with Crippen molar-refractivity contribution < 1.29 is 4.79 Å². The highest BCUT2D eigenvalue weighted by Gasteiger charge is 2.21. The summed E-state index contributed by atoms with van der Waals surface area (Å²) in [6.07, 6.45) is 3.61. The molecule has 1 heterocycles. The minimum atomic E-state index is 0.0933. The van der Waals surface area contributed by atoms with Crippen LogP contribution in [0.1, 0.15) is 47.0 Å². The van der Waals surface area contributed by atoms with Crippen LogP contribution >= 0.6 is 0 Å². The second kappa shape index (κ2) is 6.24. The Morgan fingerprint density at radius 1 is 1.25 bits per heavy atom. The van der Waals surface area contributed by atoms with Gasteiger partial charge >= 0.3 is 0 Å². The molecular weight excluding hydrogens is 200 g/mol. The van der Waals surface area contributed by atoms with E-state index in [-0.39, 0.29) is 11.8 Å². The van der Waals surface area contributed by atoms with E-state index in [0.29, 0.717) is 12.1 Å². The zero-order valence-electron chi connectivity index (χ0n) is 11.1. The molecule has 0 spiro atoms. The molecule has 3 heteroatoms. The van der Waals surface area contributed by atoms with Gasteiger partial charge in [-0.15, -0.1) is 0 Å². The first-order valence-electron chi connectivity index (χ1n) is 6.55. The molecule has 0 aromatic rings. The molecule has 16 heavy (non-hydrogen) atoms. The van der Waals surface area contributed by atoms with E-state index in [1.807, 2.05) is 13.8 Å². The SMILES string of the molecule is CC(C)C(=O)NC1CCCCN(C(C)C)C1. The topological polar surface area (TPSA) is 32.3 Å². The predicted octanol–water partition coefficient (Wildman–Crippen LogP) is 2.02. The van der Waals surface area contributed by atoms with Crippen LogP contribution in [0.15, 0.2) is 0 Å². The van der Waals surface area contributed by atoms with Gasteiger partial charge in [-0.25, -0.2) is 0 Å². The maximum atomic E-state index is 11.7. The highest BCUT2D eigenvalue weighted by molar-refractivity contribution is 5.78. The van der Waals surface area contributed by atoms with Gasteiger partial charge in [0.2, 0.25) is 5.91 Å². The number of likely N-dealkylation sites (tertiary alicyclic amines) is 1. The fourth-order valence-electron chi connectivity index (χ4n) is 2.13. The number of hydrogen-bond donors (Lipinski definition) is 1. The maximum absolute atomic E-state index is 11.7. The third-order valence-electron chi connectivity index (χ3n) is 3.30. The van der Waals surface area contributed by atoms with E-state index in [0.717, 1.165) is 13.0 Å². The predicted molar refractivity (Wildman–Crippen MR) is 67.3 cm³/mol. The van der Waals surface area contributed by atoms with Crippen molar-refractivity contribution in [2.24, 2.45) is 5.92 Å². The number of rotatable bonds is 3. The number of carbonyl (C=O) groups is 1. The smallest absolute Gasteiger partial charge is 0.222 e. The van der Waals surface area contributed by atoms with Crippen molar-refractivity contribution in [3.63, 3.8) is 0 Å². The van der Waals surface area contributed by atoms with Gasteiger partial charge in [-0.1, -0.05) is 20.3 Å². The minimum absolute atomic E-state index is 0.0933. The average molecular weight is 226 g/mol. The summed E-state index contributed by atoms with van der Waals surface area (Å²) in [7, 11) is 0. The van der Waals surface area contributed by atoms with Gasteiger partial charge in [0, 0.05) is 24.5 Å². The molecular formula is C13H26N2O. The van der Waals surface area contributed by atoms with E-state index in [9.17, 15) is 4.79 Å². The van der Waals surface area contributed by atoms with Crippen molar-refractivity contribution >= 4 is 5.91 Å². The standard InChI is InChI=1S/C13H26N2O/c1-10(2)13(16)14-12-7-5-6-8-15(9-12)11(3)4/h10-12H,5-9H2,1-4H3,(H,14,16). The molecule has 1 fully saturated rings. The Labute approximate surface area is 99.6 Å². The first-order valence-corrected chi connectivity index (χ1v) is 6.55. The summed E-state index contributed by atoms with van der Waals surface area (Å²) in [5.74, 6) is 0.284. The Morgan fingerprint density at radius 2 is 1.94 bits per heavy atom. The maximum Gasteiger partial charge on any atom is 0.222 e. The molecule has 0 aromatic carbocycles. The Balaban J connectivity index is 2.48. The highest BCUT2D eigenvalue weighted by Crippen LogP contribution is 2.13. The van der Waals surface area contributed by atoms with Crippen molar-refractivity contribution in [1.82, 2.24) is 10.2 Å². The van der Waals surface area contributed by atoms with Gasteiger partial charge < -0.3 is 5.32 Å². The summed E-state index contributed by atoms with van der Waals surface area (Å²) in [5.41, 5.74) is 0. The molecule has 0 saturated carbocycles. The van der Waals surface area contributed by atoms with E-state index >= 15 is 0 Å². The second-order valence-corrected chi connectivity index (χ2v) is 5.44. The van der Waals surface area contributed by atoms with Crippen LogP contribution in [0.5, 0.6) is 0 Å². The number of nitrogens with one attached hydrogen (secondary N) is 1. The number of amides is 1. The summed E-state index contributed by atoms with van der Waals surface area (Å²) >= 11 is 0. The van der Waals surface area contributed by atoms with Gasteiger partial charge in [-0.2, -0.15) is 0 Å². The molecule has 1 unspecified atom stereocenters. The number of nitrogens with zero attached hydrogens (tertiary/aromatic N) is 1. The van der Waals surface area contributed by atoms with Crippen LogP contribution in [-0.2, 0) is 4.79 Å². The van der Waals surface area contributed by atoms with Gasteiger partial charge in [0.05, 0.1) is 0 Å². The van der Waals surface area contributed by atoms with Crippen LogP contribution in [0.3, 0.4) is 0 Å². The van der Waals surface area contributed by atoms with E-state index in [1.54, 1.807) is 0 Å². The summed E-state index contributed by atoms with van der Waals surface area (Å²) in [5, 5.41) is 3.16. The van der Waals surface area contributed by atoms with Crippen LogP contribution in [0.25, 0.3) is 0 Å². The molecule has 1 saturated heterocycles. The summed E-state index contributed by atoms with van der Waals surface area (Å²) in [6, 6.07) is 0.927. The van der Waals surface area contributed by atoms with Gasteiger partial charge in [0.25, 0.3) is 0 Å². The summed E-state index contributed by atoms with van der Waals surface area (Å²) < 4.78 is 0. The molecule has 1 aliphatic rings. The van der Waals surface area contributed by atoms with Crippen molar-refractivity contribution in [3.8, 4) is 0 Å². The highest BCUT2D eigenvalue weighted by atomic mass is 16.1. The zero-order chi connectivity index (χ0) is 12.1. The van der Waals surface area contributed by atoms with Crippen LogP contribution in [-0.4, -0.2) is 36.0 Å². The summed E-state index contributed by atoms with van der Waals surface area (Å²) in [4.78, 5) is 14.1. The molecule has 1 amide bonds. The lowest BCUT2D eigenvalue weighted by Crippen LogP contribution is -2.45. The van der Waals surface area contributed by atoms with Crippen molar-refractivity contribution in [3.05, 3.63) is 0 Å². The lowest BCUT2D eigenvalue weighted by Gasteiger charge is -2.28. The molecule has 0 aromatic heterocycles. The van der Waals surface area contributed by atoms with E-state index in [1.165, 1.54) is 19.4 Å². The average Bonchev–Trinajstić information content (AvgIpc) is 2.43. The molecule has 1 rings (SSSR count). The van der Waals surface area contributed by atoms with Crippen LogP contribution in [0.2, 0.25) is 0 Å². The first-order chi connectivity index (χ1) is 7.50. The zero-order valence-corrected chi connectivity index (χ0v) is 11.1. The van der Waals surface area contributed by atoms with Gasteiger partial charge in [0.15, 0.2) is 0 Å². The van der Waals surface area contributed by atoms with Crippen molar-refractivity contribution in [2.75, 3.05) is 13.1 Å². The minimum Gasteiger partial charge on any atom is -0.352 e. The van der Waals surface area contributed by atoms with E-state index in [4.69, 9.17) is 0 Å². The lowest BCUT2D eigenvalue weighted by molar-refractivity contribution is -0.124. The lowest BCUT2D eigenvalue weighted by atomic mass is 10.1. The molecule has 0 aliphatic carbocycles. The first kappa shape index (κ1) is 13.5. The molecule has 0 radical (unpaired) electrons. The normalized spacial score (nSPS) is 23.5. The van der Waals surface area contributed by atoms with E-state index < -0.39 is 0 Å². The van der Waals surface area contributed by atoms with Crippen molar-refractivity contribution in [1.29, 1.82) is 0 Å². The molecule has 3 nitrogen and oxygen atoms in total. The van der Waals surface area contributed by atoms with Crippen LogP contribution in [0, 0.1) is 5.92 Å². The van der Waals surface area contributed by atoms with E-state index in [2.05, 4.69) is 24.1 Å². The third kappa shape index (κ3) is 4.12. The molecule has 0 bridgehead atoms. The second-order valence-electron chi connectivity index (χ2n) is 5.44. The van der Waals surface area contributed by atoms with Crippen LogP contribution < -0.4 is 5.32 Å². The number of hydrogen-bond acceptors (Lipinski definition) is 2. The van der Waals surface area contributed by atoms with Crippen LogP contribution in [0.4, 0.5) is 0 Å². The molecule has 1 atom stereocenters. The summed E-state index contributed by atoms with van der Waals surface area (Å²) in [6.45, 7) is 10.5. The Kier molecular flexibility index (Phi) is 5.26. The fourth-order valence-corrected chi connectivity index (χ4v) is 2.13.